The van der Waals surface area contributed by atoms with Crippen LogP contribution in [0.4, 0.5) is 0 Å². The molecule has 0 aliphatic heterocycles. The second-order valence-electron chi connectivity index (χ2n) is 2.12. The number of carboxylic acid groups (broad SMARTS) is 3. The van der Waals surface area contributed by atoms with Crippen molar-refractivity contribution in [2.24, 2.45) is 0 Å². The quantitative estimate of drug-likeness (QED) is 0.353. The van der Waals surface area contributed by atoms with Crippen LogP contribution in [0.25, 0.3) is 0 Å². The van der Waals surface area contributed by atoms with Crippen molar-refractivity contribution in [2.75, 3.05) is 0 Å². The Morgan fingerprint density at radius 2 is 1.19 bits per heavy atom. The summed E-state index contributed by atoms with van der Waals surface area (Å²) in [6.07, 6.45) is -4.08. The van der Waals surface area contributed by atoms with Crippen LogP contribution in [0.5, 0.6) is 0 Å². The first kappa shape index (κ1) is 26.0. The van der Waals surface area contributed by atoms with Gasteiger partial charge in [-0.2, -0.15) is 0 Å². The second-order valence-corrected chi connectivity index (χ2v) is 2.12. The molecule has 0 spiro atoms. The smallest absolute Gasteiger partial charge is 0.547 e. The summed E-state index contributed by atoms with van der Waals surface area (Å²) < 4.78 is 4.05. The van der Waals surface area contributed by atoms with E-state index in [1.807, 2.05) is 0 Å². The molecular weight excluding hydrogens is 253 g/mol. The Bertz CT molecular complexity index is 230. The van der Waals surface area contributed by atoms with Crippen LogP contribution in [0, 0.1) is 0 Å². The van der Waals surface area contributed by atoms with E-state index in [1.165, 1.54) is 0 Å². The van der Waals surface area contributed by atoms with Crippen molar-refractivity contribution in [1.82, 2.24) is 0 Å². The molecule has 0 N–H and O–H groups in total. The van der Waals surface area contributed by atoms with Crippen LogP contribution in [-0.2, 0) is 19.1 Å². The van der Waals surface area contributed by atoms with Crippen LogP contribution >= 0.6 is 0 Å². The molecule has 10 heteroatoms. The van der Waals surface area contributed by atoms with Gasteiger partial charge in [-0.05, 0) is 6.92 Å². The Balaban J connectivity index is -0.000000240. The fraction of sp³-hybridized carbons (Fsp3) is 0.500. The van der Waals surface area contributed by atoms with Crippen LogP contribution in [0.2, 0.25) is 0 Å². The standard InChI is InChI=1S/C6H8O7.3Na/c1-2(4(7)8)13-3(5(9)10)6(11)12;;;/h2-3H,1H3,(H,7,8)(H,9,10)(H,11,12);;;/q;3*+1/p-3. The van der Waals surface area contributed by atoms with Crippen LogP contribution in [0.3, 0.4) is 0 Å². The van der Waals surface area contributed by atoms with Gasteiger partial charge < -0.3 is 34.4 Å². The fourth-order valence-electron chi connectivity index (χ4n) is 0.467. The molecule has 0 heterocycles. The normalized spacial score (nSPS) is 10.1. The van der Waals surface area contributed by atoms with Gasteiger partial charge in [0.1, 0.15) is 6.10 Å². The molecule has 7 nitrogen and oxygen atoms in total. The van der Waals surface area contributed by atoms with Crippen molar-refractivity contribution >= 4 is 17.9 Å². The number of carbonyl (C=O) groups excluding carboxylic acids is 3. The van der Waals surface area contributed by atoms with Crippen LogP contribution in [0.15, 0.2) is 0 Å². The maximum Gasteiger partial charge on any atom is 1.00 e. The van der Waals surface area contributed by atoms with Crippen molar-refractivity contribution in [2.45, 2.75) is 19.1 Å². The molecule has 1 atom stereocenters. The molecule has 0 aliphatic carbocycles. The summed E-state index contributed by atoms with van der Waals surface area (Å²) in [5.74, 6) is -5.88. The third-order valence-electron chi connectivity index (χ3n) is 1.10. The van der Waals surface area contributed by atoms with Gasteiger partial charge >= 0.3 is 88.7 Å². The van der Waals surface area contributed by atoms with Gasteiger partial charge in [-0.15, -0.1) is 0 Å². The maximum absolute atomic E-state index is 10.0. The van der Waals surface area contributed by atoms with Gasteiger partial charge in [0.25, 0.3) is 0 Å². The van der Waals surface area contributed by atoms with Gasteiger partial charge in [-0.3, -0.25) is 0 Å². The number of rotatable bonds is 5. The number of carboxylic acids is 3. The molecule has 0 saturated heterocycles. The first-order valence-corrected chi connectivity index (χ1v) is 3.14. The summed E-state index contributed by atoms with van der Waals surface area (Å²) in [5.41, 5.74) is 0. The third-order valence-corrected chi connectivity index (χ3v) is 1.10. The molecule has 0 aromatic heterocycles. The fourth-order valence-corrected chi connectivity index (χ4v) is 0.467. The van der Waals surface area contributed by atoms with Gasteiger partial charge in [0, 0.05) is 0 Å². The molecule has 0 bridgehead atoms. The first-order valence-electron chi connectivity index (χ1n) is 3.14. The second kappa shape index (κ2) is 12.8. The molecule has 0 aliphatic rings. The zero-order chi connectivity index (χ0) is 10.6. The van der Waals surface area contributed by atoms with Crippen LogP contribution in [0.1, 0.15) is 6.92 Å². The Morgan fingerprint density at radius 1 is 0.875 bits per heavy atom. The Morgan fingerprint density at radius 3 is 1.38 bits per heavy atom. The zero-order valence-corrected chi connectivity index (χ0v) is 15.5. The molecule has 0 saturated carbocycles. The molecule has 0 amide bonds. The van der Waals surface area contributed by atoms with Gasteiger partial charge in [-0.25, -0.2) is 0 Å². The summed E-state index contributed by atoms with van der Waals surface area (Å²) in [7, 11) is 0. The molecule has 74 valence electrons. The van der Waals surface area contributed by atoms with E-state index in [1.54, 1.807) is 0 Å². The molecule has 0 fully saturated rings. The number of hydrogen-bond acceptors (Lipinski definition) is 7. The largest absolute Gasteiger partial charge is 1.00 e. The minimum absolute atomic E-state index is 0. The van der Waals surface area contributed by atoms with Crippen molar-refractivity contribution in [3.63, 3.8) is 0 Å². The Labute approximate surface area is 158 Å². The first-order chi connectivity index (χ1) is 5.86. The molecule has 0 rings (SSSR count). The van der Waals surface area contributed by atoms with Crippen molar-refractivity contribution < 1.29 is 123 Å². The molecule has 0 radical (unpaired) electrons. The predicted molar refractivity (Wildman–Crippen MR) is 29.4 cm³/mol. The zero-order valence-electron chi connectivity index (χ0n) is 9.51. The van der Waals surface area contributed by atoms with E-state index in [4.69, 9.17) is 0 Å². The van der Waals surface area contributed by atoms with Crippen LogP contribution in [-0.4, -0.2) is 30.1 Å². The van der Waals surface area contributed by atoms with E-state index in [0.717, 1.165) is 6.92 Å². The van der Waals surface area contributed by atoms with E-state index < -0.39 is 30.1 Å². The van der Waals surface area contributed by atoms with Crippen LogP contribution < -0.4 is 104 Å². The Hall–Kier alpha value is 1.37. The SMILES string of the molecule is CC(OC(C(=O)[O-])C(=O)[O-])C(=O)[O-].[Na+].[Na+].[Na+]. The minimum Gasteiger partial charge on any atom is -0.547 e. The summed E-state index contributed by atoms with van der Waals surface area (Å²) in [6.45, 7) is 0.925. The average molecular weight is 258 g/mol. The minimum atomic E-state index is -2.41. The third kappa shape index (κ3) is 10.5. The van der Waals surface area contributed by atoms with Crippen molar-refractivity contribution in [3.8, 4) is 0 Å². The molecule has 1 unspecified atom stereocenters. The summed E-state index contributed by atoms with van der Waals surface area (Å²) >= 11 is 0. The number of carbonyl (C=O) groups is 3. The van der Waals surface area contributed by atoms with E-state index in [9.17, 15) is 29.7 Å². The van der Waals surface area contributed by atoms with Gasteiger partial charge in [0.15, 0.2) is 0 Å². The number of aliphatic carboxylic acids is 3. The molecular formula is C6H5Na3O7. The van der Waals surface area contributed by atoms with Gasteiger partial charge in [0.2, 0.25) is 0 Å². The summed E-state index contributed by atoms with van der Waals surface area (Å²) in [5, 5.41) is 30.1. The monoisotopic (exact) mass is 258 g/mol. The van der Waals surface area contributed by atoms with Crippen molar-refractivity contribution in [1.29, 1.82) is 0 Å². The topological polar surface area (TPSA) is 130 Å². The summed E-state index contributed by atoms with van der Waals surface area (Å²) in [4.78, 5) is 30.1. The Kier molecular flexibility index (Phi) is 20.9. The molecule has 0 aromatic rings. The number of hydrogen-bond donors (Lipinski definition) is 0. The van der Waals surface area contributed by atoms with E-state index in [-0.39, 0.29) is 88.7 Å². The molecule has 16 heavy (non-hydrogen) atoms. The number of ether oxygens (including phenoxy) is 1. The maximum atomic E-state index is 10.0. The predicted octanol–water partition coefficient (Wildman–Crippen LogP) is -14.0. The van der Waals surface area contributed by atoms with E-state index in [0.29, 0.717) is 0 Å². The van der Waals surface area contributed by atoms with E-state index >= 15 is 0 Å². The summed E-state index contributed by atoms with van der Waals surface area (Å²) in [6, 6.07) is 0. The van der Waals surface area contributed by atoms with Gasteiger partial charge in [-0.1, -0.05) is 0 Å². The van der Waals surface area contributed by atoms with Gasteiger partial charge in [0.05, 0.1) is 24.0 Å². The van der Waals surface area contributed by atoms with E-state index in [2.05, 4.69) is 4.74 Å². The molecule has 0 aromatic carbocycles. The van der Waals surface area contributed by atoms with Crippen molar-refractivity contribution in [3.05, 3.63) is 0 Å². The average Bonchev–Trinajstić information content (AvgIpc) is 1.97.